The fraction of sp³-hybridized carbons (Fsp3) is 0.714. The van der Waals surface area contributed by atoms with Crippen molar-refractivity contribution in [1.29, 1.82) is 0 Å². The van der Waals surface area contributed by atoms with Crippen molar-refractivity contribution in [3.05, 3.63) is 11.9 Å². The summed E-state index contributed by atoms with van der Waals surface area (Å²) in [5.41, 5.74) is -0.355. The highest BCUT2D eigenvalue weighted by molar-refractivity contribution is 5.86. The number of likely N-dealkylation sites (tertiary alicyclic amines) is 1. The van der Waals surface area contributed by atoms with E-state index < -0.39 is 11.6 Å². The van der Waals surface area contributed by atoms with Crippen LogP contribution >= 0.6 is 0 Å². The van der Waals surface area contributed by atoms with E-state index in [1.54, 1.807) is 15.8 Å². The maximum atomic E-state index is 12.1. The van der Waals surface area contributed by atoms with Crippen molar-refractivity contribution in [3.8, 4) is 0 Å². The molecule has 0 aliphatic carbocycles. The molecule has 1 fully saturated rings. The monoisotopic (exact) mass is 310 g/mol. The van der Waals surface area contributed by atoms with Gasteiger partial charge >= 0.3 is 12.1 Å². The highest BCUT2D eigenvalue weighted by atomic mass is 16.6. The van der Waals surface area contributed by atoms with Crippen LogP contribution in [0.3, 0.4) is 0 Å². The zero-order valence-corrected chi connectivity index (χ0v) is 13.4. The van der Waals surface area contributed by atoms with Crippen LogP contribution in [-0.2, 0) is 9.47 Å². The molecule has 2 heterocycles. The Morgan fingerprint density at radius 3 is 2.73 bits per heavy atom. The summed E-state index contributed by atoms with van der Waals surface area (Å²) >= 11 is 0. The molecule has 1 atom stereocenters. The normalized spacial score (nSPS) is 18.9. The first-order valence-corrected chi connectivity index (χ1v) is 7.28. The van der Waals surface area contributed by atoms with Gasteiger partial charge in [0, 0.05) is 13.1 Å². The zero-order valence-electron chi connectivity index (χ0n) is 13.4. The van der Waals surface area contributed by atoms with Gasteiger partial charge in [-0.25, -0.2) is 14.3 Å². The number of carbonyl (C=O) groups is 2. The number of amides is 1. The minimum Gasteiger partial charge on any atom is -0.464 e. The summed E-state index contributed by atoms with van der Waals surface area (Å²) < 4.78 is 11.6. The van der Waals surface area contributed by atoms with Crippen LogP contribution in [0.4, 0.5) is 4.79 Å². The van der Waals surface area contributed by atoms with Gasteiger partial charge in [-0.15, -0.1) is 5.10 Å². The third kappa shape index (κ3) is 3.96. The zero-order chi connectivity index (χ0) is 16.3. The number of piperidine rings is 1. The number of ether oxygens (including phenoxy) is 2. The molecule has 1 amide bonds. The van der Waals surface area contributed by atoms with Crippen molar-refractivity contribution in [1.82, 2.24) is 19.9 Å². The Morgan fingerprint density at radius 2 is 2.09 bits per heavy atom. The summed E-state index contributed by atoms with van der Waals surface area (Å²) in [5.74, 6) is -0.522. The van der Waals surface area contributed by atoms with E-state index in [0.717, 1.165) is 12.8 Å². The number of hydrogen-bond acceptors (Lipinski definition) is 6. The largest absolute Gasteiger partial charge is 0.464 e. The first-order valence-electron chi connectivity index (χ1n) is 7.28. The van der Waals surface area contributed by atoms with Gasteiger partial charge in [-0.1, -0.05) is 5.21 Å². The molecule has 0 N–H and O–H groups in total. The van der Waals surface area contributed by atoms with Gasteiger partial charge in [-0.2, -0.15) is 0 Å². The van der Waals surface area contributed by atoms with Crippen molar-refractivity contribution in [3.63, 3.8) is 0 Å². The number of nitrogens with zero attached hydrogens (tertiary/aromatic N) is 4. The summed E-state index contributed by atoms with van der Waals surface area (Å²) in [5, 5.41) is 7.76. The van der Waals surface area contributed by atoms with Crippen LogP contribution in [-0.4, -0.2) is 57.8 Å². The standard InChI is InChI=1S/C14H22N4O4/c1-14(2,3)22-13(20)17-7-5-6-10(8-17)18-9-11(15-16-18)12(19)21-4/h9-10H,5-8H2,1-4H3/t10-/m0/s1. The predicted octanol–water partition coefficient (Wildman–Crippen LogP) is 1.64. The number of hydrogen-bond donors (Lipinski definition) is 0. The molecule has 0 bridgehead atoms. The molecule has 0 spiro atoms. The van der Waals surface area contributed by atoms with E-state index in [1.807, 2.05) is 20.8 Å². The van der Waals surface area contributed by atoms with Crippen LogP contribution in [0.2, 0.25) is 0 Å². The number of aromatic nitrogens is 3. The Hall–Kier alpha value is -2.12. The molecule has 0 aromatic carbocycles. The topological polar surface area (TPSA) is 86.5 Å². The summed E-state index contributed by atoms with van der Waals surface area (Å²) in [7, 11) is 1.30. The van der Waals surface area contributed by atoms with E-state index >= 15 is 0 Å². The molecule has 122 valence electrons. The lowest BCUT2D eigenvalue weighted by Crippen LogP contribution is -2.43. The number of esters is 1. The lowest BCUT2D eigenvalue weighted by Gasteiger charge is -2.33. The molecular weight excluding hydrogens is 288 g/mol. The highest BCUT2D eigenvalue weighted by Gasteiger charge is 2.29. The fourth-order valence-corrected chi connectivity index (χ4v) is 2.32. The minimum atomic E-state index is -0.522. The van der Waals surface area contributed by atoms with E-state index in [2.05, 4.69) is 15.0 Å². The van der Waals surface area contributed by atoms with Crippen LogP contribution in [0, 0.1) is 0 Å². The van der Waals surface area contributed by atoms with Crippen molar-refractivity contribution in [2.75, 3.05) is 20.2 Å². The van der Waals surface area contributed by atoms with Crippen LogP contribution in [0.25, 0.3) is 0 Å². The second-order valence-electron chi connectivity index (χ2n) is 6.30. The molecule has 1 aromatic rings. The molecule has 22 heavy (non-hydrogen) atoms. The molecule has 1 aromatic heterocycles. The Labute approximate surface area is 129 Å². The molecule has 1 saturated heterocycles. The van der Waals surface area contributed by atoms with Gasteiger partial charge in [-0.3, -0.25) is 0 Å². The number of rotatable bonds is 2. The molecule has 0 unspecified atom stereocenters. The van der Waals surface area contributed by atoms with Gasteiger partial charge in [0.05, 0.1) is 19.3 Å². The second kappa shape index (κ2) is 6.33. The molecule has 0 saturated carbocycles. The van der Waals surface area contributed by atoms with E-state index in [9.17, 15) is 9.59 Å². The summed E-state index contributed by atoms with van der Waals surface area (Å²) in [6, 6.07) is -0.0211. The van der Waals surface area contributed by atoms with Crippen LogP contribution < -0.4 is 0 Å². The van der Waals surface area contributed by atoms with Crippen molar-refractivity contribution >= 4 is 12.1 Å². The maximum Gasteiger partial charge on any atom is 0.410 e. The highest BCUT2D eigenvalue weighted by Crippen LogP contribution is 2.22. The van der Waals surface area contributed by atoms with Gasteiger partial charge < -0.3 is 14.4 Å². The van der Waals surface area contributed by atoms with Gasteiger partial charge in [0.15, 0.2) is 5.69 Å². The second-order valence-corrected chi connectivity index (χ2v) is 6.30. The van der Waals surface area contributed by atoms with Gasteiger partial charge in [0.1, 0.15) is 5.60 Å². The average Bonchev–Trinajstić information content (AvgIpc) is 2.94. The third-order valence-electron chi connectivity index (χ3n) is 3.33. The Bertz CT molecular complexity index is 549. The lowest BCUT2D eigenvalue weighted by atomic mass is 10.1. The molecule has 2 rings (SSSR count). The van der Waals surface area contributed by atoms with E-state index in [4.69, 9.17) is 4.74 Å². The Morgan fingerprint density at radius 1 is 1.36 bits per heavy atom. The smallest absolute Gasteiger partial charge is 0.410 e. The van der Waals surface area contributed by atoms with Gasteiger partial charge in [-0.05, 0) is 33.6 Å². The Balaban J connectivity index is 2.03. The average molecular weight is 310 g/mol. The number of carbonyl (C=O) groups excluding carboxylic acids is 2. The van der Waals surface area contributed by atoms with Crippen molar-refractivity contribution in [2.24, 2.45) is 0 Å². The van der Waals surface area contributed by atoms with Crippen molar-refractivity contribution in [2.45, 2.75) is 45.3 Å². The molecule has 8 heteroatoms. The quantitative estimate of drug-likeness (QED) is 0.772. The predicted molar refractivity (Wildman–Crippen MR) is 77.4 cm³/mol. The van der Waals surface area contributed by atoms with Gasteiger partial charge in [0.2, 0.25) is 0 Å². The number of methoxy groups -OCH3 is 1. The van der Waals surface area contributed by atoms with Crippen LogP contribution in [0.15, 0.2) is 6.20 Å². The first kappa shape index (κ1) is 16.3. The van der Waals surface area contributed by atoms with Gasteiger partial charge in [0.25, 0.3) is 0 Å². The summed E-state index contributed by atoms with van der Waals surface area (Å²) in [6.07, 6.45) is 2.93. The summed E-state index contributed by atoms with van der Waals surface area (Å²) in [6.45, 7) is 6.66. The van der Waals surface area contributed by atoms with Crippen LogP contribution in [0.1, 0.15) is 50.1 Å². The van der Waals surface area contributed by atoms with E-state index in [0.29, 0.717) is 13.1 Å². The minimum absolute atomic E-state index is 0.0211. The van der Waals surface area contributed by atoms with Crippen LogP contribution in [0.5, 0.6) is 0 Å². The molecule has 8 nitrogen and oxygen atoms in total. The lowest BCUT2D eigenvalue weighted by molar-refractivity contribution is 0.0166. The fourth-order valence-electron chi connectivity index (χ4n) is 2.32. The molecule has 1 aliphatic heterocycles. The first-order chi connectivity index (χ1) is 10.3. The van der Waals surface area contributed by atoms with Crippen molar-refractivity contribution < 1.29 is 19.1 Å². The SMILES string of the molecule is COC(=O)c1cn([C@H]2CCCN(C(=O)OC(C)(C)C)C2)nn1. The summed E-state index contributed by atoms with van der Waals surface area (Å²) in [4.78, 5) is 25.2. The van der Waals surface area contributed by atoms with E-state index in [1.165, 1.54) is 7.11 Å². The Kier molecular flexibility index (Phi) is 4.68. The van der Waals surface area contributed by atoms with E-state index in [-0.39, 0.29) is 17.8 Å². The molecular formula is C14H22N4O4. The maximum absolute atomic E-state index is 12.1. The molecule has 1 aliphatic rings. The third-order valence-corrected chi connectivity index (χ3v) is 3.33. The molecule has 0 radical (unpaired) electrons.